The molecule has 3 unspecified atom stereocenters. The van der Waals surface area contributed by atoms with E-state index in [0.29, 0.717) is 29.5 Å². The molecule has 6 nitrogen and oxygen atoms in total. The molecule has 0 saturated carbocycles. The van der Waals surface area contributed by atoms with Gasteiger partial charge in [-0.15, -0.1) is 0 Å². The number of halogens is 1. The number of methoxy groups -OCH3 is 1. The average Bonchev–Trinajstić information content (AvgIpc) is 2.83. The molecule has 1 aromatic carbocycles. The Kier molecular flexibility index (Phi) is 5.04. The lowest BCUT2D eigenvalue weighted by Crippen LogP contribution is -2.52. The van der Waals surface area contributed by atoms with Crippen molar-refractivity contribution in [2.45, 2.75) is 45.4 Å². The first-order valence-electron chi connectivity index (χ1n) is 8.42. The molecule has 2 fully saturated rings. The molecule has 2 heterocycles. The van der Waals surface area contributed by atoms with E-state index < -0.39 is 6.04 Å². The summed E-state index contributed by atoms with van der Waals surface area (Å²) >= 11 is 6.14. The van der Waals surface area contributed by atoms with Crippen LogP contribution >= 0.6 is 11.6 Å². The molecule has 2 aliphatic heterocycles. The van der Waals surface area contributed by atoms with E-state index in [-0.39, 0.29) is 30.4 Å². The zero-order chi connectivity index (χ0) is 18.3. The van der Waals surface area contributed by atoms with Crippen molar-refractivity contribution < 1.29 is 19.1 Å². The Morgan fingerprint density at radius 2 is 1.84 bits per heavy atom. The second kappa shape index (κ2) is 6.94. The third kappa shape index (κ3) is 3.38. The number of nitrogens with zero attached hydrogens (tertiary/aromatic N) is 2. The summed E-state index contributed by atoms with van der Waals surface area (Å²) in [7, 11) is 1.50. The highest BCUT2D eigenvalue weighted by Gasteiger charge is 2.45. The molecular weight excluding hydrogens is 344 g/mol. The zero-order valence-electron chi connectivity index (χ0n) is 14.9. The summed E-state index contributed by atoms with van der Waals surface area (Å²) in [5.41, 5.74) is 1.24. The Bertz CT molecular complexity index is 699. The van der Waals surface area contributed by atoms with Gasteiger partial charge >= 0.3 is 0 Å². The molecule has 2 amide bonds. The summed E-state index contributed by atoms with van der Waals surface area (Å²) in [5.74, 6) is -0.0187. The van der Waals surface area contributed by atoms with Gasteiger partial charge in [-0.1, -0.05) is 11.6 Å². The maximum absolute atomic E-state index is 13.0. The largest absolute Gasteiger partial charge is 0.495 e. The third-order valence-corrected chi connectivity index (χ3v) is 5.12. The fourth-order valence-corrected chi connectivity index (χ4v) is 3.77. The standard InChI is InChI=1S/C18H23ClN2O4/c1-10-5-14(16(24-4)6-13(10)19)21-17(22)7-15(18(21)23)20-8-11(2)25-12(3)9-20/h5-6,11-12,15H,7-9H2,1-4H3. The summed E-state index contributed by atoms with van der Waals surface area (Å²) in [6.45, 7) is 7.07. The van der Waals surface area contributed by atoms with Crippen molar-refractivity contribution >= 4 is 29.1 Å². The van der Waals surface area contributed by atoms with Gasteiger partial charge in [-0.25, -0.2) is 4.90 Å². The van der Waals surface area contributed by atoms with E-state index in [1.165, 1.54) is 12.0 Å². The van der Waals surface area contributed by atoms with Gasteiger partial charge < -0.3 is 9.47 Å². The van der Waals surface area contributed by atoms with Crippen LogP contribution < -0.4 is 9.64 Å². The number of morpholine rings is 1. The van der Waals surface area contributed by atoms with Crippen LogP contribution in [0.5, 0.6) is 5.75 Å². The maximum atomic E-state index is 13.0. The number of anilines is 1. The molecule has 25 heavy (non-hydrogen) atoms. The smallest absolute Gasteiger partial charge is 0.251 e. The molecule has 0 aromatic heterocycles. The number of benzene rings is 1. The van der Waals surface area contributed by atoms with Gasteiger partial charge in [0.25, 0.3) is 5.91 Å². The van der Waals surface area contributed by atoms with Gasteiger partial charge in [0.15, 0.2) is 0 Å². The summed E-state index contributed by atoms with van der Waals surface area (Å²) in [4.78, 5) is 28.9. The Morgan fingerprint density at radius 3 is 2.44 bits per heavy atom. The van der Waals surface area contributed by atoms with E-state index >= 15 is 0 Å². The number of hydrogen-bond donors (Lipinski definition) is 0. The first kappa shape index (κ1) is 18.2. The number of imide groups is 1. The Hall–Kier alpha value is -1.63. The zero-order valence-corrected chi connectivity index (χ0v) is 15.7. The second-order valence-corrected chi connectivity index (χ2v) is 7.18. The van der Waals surface area contributed by atoms with Crippen LogP contribution in [0.25, 0.3) is 0 Å². The first-order valence-corrected chi connectivity index (χ1v) is 8.80. The number of carbonyl (C=O) groups is 2. The molecule has 2 aliphatic rings. The van der Waals surface area contributed by atoms with Crippen LogP contribution in [0.1, 0.15) is 25.8 Å². The molecule has 7 heteroatoms. The molecule has 0 spiro atoms. The van der Waals surface area contributed by atoms with Crippen LogP contribution in [0.2, 0.25) is 5.02 Å². The molecule has 3 atom stereocenters. The van der Waals surface area contributed by atoms with E-state index in [0.717, 1.165) is 5.56 Å². The highest BCUT2D eigenvalue weighted by atomic mass is 35.5. The highest BCUT2D eigenvalue weighted by Crippen LogP contribution is 2.37. The van der Waals surface area contributed by atoms with Gasteiger partial charge in [0.1, 0.15) is 5.75 Å². The first-order chi connectivity index (χ1) is 11.8. The van der Waals surface area contributed by atoms with Crippen LogP contribution in [-0.4, -0.2) is 55.2 Å². The topological polar surface area (TPSA) is 59.1 Å². The molecule has 2 saturated heterocycles. The number of ether oxygens (including phenoxy) is 2. The Balaban J connectivity index is 1.91. The predicted octanol–water partition coefficient (Wildman–Crippen LogP) is 2.40. The number of carbonyl (C=O) groups excluding carboxylic acids is 2. The molecule has 1 aromatic rings. The van der Waals surface area contributed by atoms with Crippen molar-refractivity contribution in [3.05, 3.63) is 22.7 Å². The van der Waals surface area contributed by atoms with Gasteiger partial charge in [-0.05, 0) is 32.4 Å². The predicted molar refractivity (Wildman–Crippen MR) is 95.2 cm³/mol. The molecule has 0 N–H and O–H groups in total. The molecule has 136 valence electrons. The minimum Gasteiger partial charge on any atom is -0.495 e. The van der Waals surface area contributed by atoms with Crippen LogP contribution in [0.4, 0.5) is 5.69 Å². The summed E-state index contributed by atoms with van der Waals surface area (Å²) in [5, 5.41) is 0.534. The van der Waals surface area contributed by atoms with Crippen molar-refractivity contribution in [2.24, 2.45) is 0 Å². The van der Waals surface area contributed by atoms with E-state index in [4.69, 9.17) is 21.1 Å². The Labute approximate surface area is 152 Å². The third-order valence-electron chi connectivity index (χ3n) is 4.71. The van der Waals surface area contributed by atoms with Crippen molar-refractivity contribution in [1.82, 2.24) is 4.90 Å². The quantitative estimate of drug-likeness (QED) is 0.769. The number of amides is 2. The lowest BCUT2D eigenvalue weighted by atomic mass is 10.1. The van der Waals surface area contributed by atoms with Gasteiger partial charge in [0.2, 0.25) is 5.91 Å². The monoisotopic (exact) mass is 366 g/mol. The minimum absolute atomic E-state index is 0.0352. The molecule has 0 bridgehead atoms. The number of aryl methyl sites for hydroxylation is 1. The van der Waals surface area contributed by atoms with Crippen LogP contribution in [-0.2, 0) is 14.3 Å². The lowest BCUT2D eigenvalue weighted by Gasteiger charge is -2.37. The second-order valence-electron chi connectivity index (χ2n) is 6.77. The molecule has 3 rings (SSSR count). The van der Waals surface area contributed by atoms with E-state index in [9.17, 15) is 9.59 Å². The lowest BCUT2D eigenvalue weighted by molar-refractivity contribution is -0.127. The Morgan fingerprint density at radius 1 is 1.20 bits per heavy atom. The fraction of sp³-hybridized carbons (Fsp3) is 0.556. The van der Waals surface area contributed by atoms with Crippen molar-refractivity contribution in [3.63, 3.8) is 0 Å². The van der Waals surface area contributed by atoms with Crippen molar-refractivity contribution in [2.75, 3.05) is 25.1 Å². The van der Waals surface area contributed by atoms with Crippen LogP contribution in [0.3, 0.4) is 0 Å². The van der Waals surface area contributed by atoms with Crippen molar-refractivity contribution in [3.8, 4) is 5.75 Å². The van der Waals surface area contributed by atoms with Crippen LogP contribution in [0.15, 0.2) is 12.1 Å². The molecule has 0 radical (unpaired) electrons. The summed E-state index contributed by atoms with van der Waals surface area (Å²) in [6.07, 6.45) is 0.240. The highest BCUT2D eigenvalue weighted by molar-refractivity contribution is 6.32. The van der Waals surface area contributed by atoms with E-state index in [1.54, 1.807) is 12.1 Å². The average molecular weight is 367 g/mol. The normalized spacial score (nSPS) is 27.9. The van der Waals surface area contributed by atoms with Crippen LogP contribution in [0, 0.1) is 6.92 Å². The van der Waals surface area contributed by atoms with E-state index in [2.05, 4.69) is 0 Å². The SMILES string of the molecule is COc1cc(Cl)c(C)cc1N1C(=O)CC(N2CC(C)OC(C)C2)C1=O. The van der Waals surface area contributed by atoms with Gasteiger partial charge in [0, 0.05) is 24.2 Å². The van der Waals surface area contributed by atoms with Gasteiger partial charge in [-0.3, -0.25) is 14.5 Å². The number of hydrogen-bond acceptors (Lipinski definition) is 5. The van der Waals surface area contributed by atoms with Gasteiger partial charge in [0.05, 0.1) is 37.5 Å². The summed E-state index contributed by atoms with van der Waals surface area (Å²) < 4.78 is 11.1. The summed E-state index contributed by atoms with van der Waals surface area (Å²) in [6, 6.07) is 2.91. The van der Waals surface area contributed by atoms with Gasteiger partial charge in [-0.2, -0.15) is 0 Å². The molecule has 0 aliphatic carbocycles. The number of rotatable bonds is 3. The molecular formula is C18H23ClN2O4. The fourth-order valence-electron chi connectivity index (χ4n) is 3.61. The minimum atomic E-state index is -0.456. The maximum Gasteiger partial charge on any atom is 0.251 e. The van der Waals surface area contributed by atoms with E-state index in [1.807, 2.05) is 25.7 Å². The van der Waals surface area contributed by atoms with Crippen molar-refractivity contribution in [1.29, 1.82) is 0 Å².